The molecule has 1 heterocycles. The van der Waals surface area contributed by atoms with Crippen molar-refractivity contribution in [3.63, 3.8) is 0 Å². The van der Waals surface area contributed by atoms with E-state index in [1.165, 1.54) is 42.1 Å². The lowest BCUT2D eigenvalue weighted by molar-refractivity contribution is 0.0505. The predicted octanol–water partition coefficient (Wildman–Crippen LogP) is 5.43. The second-order valence-electron chi connectivity index (χ2n) is 6.23. The van der Waals surface area contributed by atoms with Gasteiger partial charge in [-0.1, -0.05) is 13.0 Å². The van der Waals surface area contributed by atoms with E-state index in [4.69, 9.17) is 9.47 Å². The monoisotopic (exact) mass is 464 g/mol. The Hall–Kier alpha value is -2.58. The molecule has 0 spiro atoms. The molecule has 0 saturated carbocycles. The van der Waals surface area contributed by atoms with Gasteiger partial charge < -0.3 is 9.47 Å². The highest BCUT2D eigenvalue weighted by Gasteiger charge is 2.26. The molecular formula is C21H19BrF2N2O3. The van der Waals surface area contributed by atoms with Crippen LogP contribution in [0.1, 0.15) is 23.7 Å². The van der Waals surface area contributed by atoms with E-state index < -0.39 is 11.8 Å². The van der Waals surface area contributed by atoms with Gasteiger partial charge in [-0.25, -0.2) is 18.3 Å². The van der Waals surface area contributed by atoms with E-state index in [-0.39, 0.29) is 36.0 Å². The summed E-state index contributed by atoms with van der Waals surface area (Å²) in [6.45, 7) is 2.18. The number of carbonyl (C=O) groups is 1. The first kappa shape index (κ1) is 21.1. The van der Waals surface area contributed by atoms with Crippen LogP contribution in [0.5, 0.6) is 0 Å². The van der Waals surface area contributed by atoms with Crippen molar-refractivity contribution >= 4 is 21.9 Å². The van der Waals surface area contributed by atoms with Gasteiger partial charge in [0.15, 0.2) is 0 Å². The van der Waals surface area contributed by atoms with Crippen molar-refractivity contribution in [3.05, 3.63) is 64.1 Å². The highest BCUT2D eigenvalue weighted by Crippen LogP contribution is 2.39. The molecule has 152 valence electrons. The van der Waals surface area contributed by atoms with Gasteiger partial charge in [-0.3, -0.25) is 0 Å². The molecule has 0 amide bonds. The van der Waals surface area contributed by atoms with Gasteiger partial charge in [0, 0.05) is 12.7 Å². The maximum absolute atomic E-state index is 14.8. The number of nitrogens with zero attached hydrogens (tertiary/aromatic N) is 2. The van der Waals surface area contributed by atoms with Crippen LogP contribution in [0.3, 0.4) is 0 Å². The summed E-state index contributed by atoms with van der Waals surface area (Å²) < 4.78 is 40.5. The first-order valence-electron chi connectivity index (χ1n) is 8.95. The lowest BCUT2D eigenvalue weighted by Crippen LogP contribution is -2.09. The van der Waals surface area contributed by atoms with Crippen molar-refractivity contribution in [1.29, 1.82) is 0 Å². The van der Waals surface area contributed by atoms with Gasteiger partial charge in [0.2, 0.25) is 0 Å². The third kappa shape index (κ3) is 4.38. The van der Waals surface area contributed by atoms with E-state index in [0.29, 0.717) is 22.2 Å². The fraction of sp³-hybridized carbons (Fsp3) is 0.238. The van der Waals surface area contributed by atoms with E-state index in [0.717, 1.165) is 0 Å². The quantitative estimate of drug-likeness (QED) is 0.437. The molecule has 2 aromatic carbocycles. The standard InChI is InChI=1S/C21H19BrF2N2O3/c1-3-11-29-21(27)15-5-4-6-16(24)17(15)19-18(22)20(26(25-19)12-28-2)13-7-9-14(23)10-8-13/h4-10H,3,11-12H2,1-2H3. The van der Waals surface area contributed by atoms with Crippen molar-refractivity contribution in [1.82, 2.24) is 9.78 Å². The number of benzene rings is 2. The third-order valence-corrected chi connectivity index (χ3v) is 4.92. The number of halogens is 3. The van der Waals surface area contributed by atoms with Crippen molar-refractivity contribution in [3.8, 4) is 22.5 Å². The normalized spacial score (nSPS) is 10.9. The minimum Gasteiger partial charge on any atom is -0.462 e. The van der Waals surface area contributed by atoms with Crippen LogP contribution in [0.4, 0.5) is 8.78 Å². The maximum Gasteiger partial charge on any atom is 0.338 e. The molecule has 0 bridgehead atoms. The smallest absolute Gasteiger partial charge is 0.338 e. The molecule has 0 fully saturated rings. The molecule has 0 unspecified atom stereocenters. The van der Waals surface area contributed by atoms with E-state index in [1.54, 1.807) is 12.1 Å². The van der Waals surface area contributed by atoms with Gasteiger partial charge in [0.05, 0.1) is 27.9 Å². The second kappa shape index (κ2) is 9.28. The zero-order valence-corrected chi connectivity index (χ0v) is 17.5. The number of hydrogen-bond acceptors (Lipinski definition) is 4. The second-order valence-corrected chi connectivity index (χ2v) is 7.03. The molecule has 8 heteroatoms. The highest BCUT2D eigenvalue weighted by molar-refractivity contribution is 9.10. The number of hydrogen-bond donors (Lipinski definition) is 0. The Morgan fingerprint density at radius 2 is 1.90 bits per heavy atom. The summed E-state index contributed by atoms with van der Waals surface area (Å²) in [5.74, 6) is -1.61. The number of ether oxygens (including phenoxy) is 2. The molecule has 0 saturated heterocycles. The Morgan fingerprint density at radius 3 is 2.55 bits per heavy atom. The van der Waals surface area contributed by atoms with Crippen LogP contribution < -0.4 is 0 Å². The Bertz CT molecular complexity index is 1020. The average molecular weight is 465 g/mol. The first-order chi connectivity index (χ1) is 14.0. The SMILES string of the molecule is CCCOC(=O)c1cccc(F)c1-c1nn(COC)c(-c2ccc(F)cc2)c1Br. The van der Waals surface area contributed by atoms with Crippen molar-refractivity contribution in [2.45, 2.75) is 20.1 Å². The Balaban J connectivity index is 2.19. The summed E-state index contributed by atoms with van der Waals surface area (Å²) in [4.78, 5) is 12.5. The summed E-state index contributed by atoms with van der Waals surface area (Å²) in [6, 6.07) is 10.0. The van der Waals surface area contributed by atoms with Crippen LogP contribution in [0, 0.1) is 11.6 Å². The minimum absolute atomic E-state index is 0.0266. The van der Waals surface area contributed by atoms with Crippen LogP contribution in [0.25, 0.3) is 22.5 Å². The topological polar surface area (TPSA) is 53.3 Å². The van der Waals surface area contributed by atoms with Gasteiger partial charge >= 0.3 is 5.97 Å². The van der Waals surface area contributed by atoms with Crippen molar-refractivity contribution in [2.24, 2.45) is 0 Å². The van der Waals surface area contributed by atoms with Gasteiger partial charge in [-0.05, 0) is 58.7 Å². The Labute approximate surface area is 175 Å². The maximum atomic E-state index is 14.8. The summed E-state index contributed by atoms with van der Waals surface area (Å²) in [5.41, 5.74) is 1.55. The molecular weight excluding hydrogens is 446 g/mol. The summed E-state index contributed by atoms with van der Waals surface area (Å²) in [7, 11) is 1.50. The van der Waals surface area contributed by atoms with E-state index in [1.807, 2.05) is 6.92 Å². The third-order valence-electron chi connectivity index (χ3n) is 4.17. The Morgan fingerprint density at radius 1 is 1.17 bits per heavy atom. The van der Waals surface area contributed by atoms with E-state index in [9.17, 15) is 13.6 Å². The number of methoxy groups -OCH3 is 1. The molecule has 29 heavy (non-hydrogen) atoms. The van der Waals surface area contributed by atoms with Gasteiger partial charge in [-0.15, -0.1) is 0 Å². The lowest BCUT2D eigenvalue weighted by atomic mass is 10.0. The van der Waals surface area contributed by atoms with Crippen LogP contribution in [0.15, 0.2) is 46.9 Å². The minimum atomic E-state index is -0.627. The molecule has 0 aliphatic rings. The molecule has 0 aliphatic heterocycles. The molecule has 0 N–H and O–H groups in total. The number of rotatable bonds is 7. The van der Waals surface area contributed by atoms with Crippen LogP contribution in [-0.4, -0.2) is 29.5 Å². The van der Waals surface area contributed by atoms with Crippen LogP contribution in [-0.2, 0) is 16.2 Å². The molecule has 3 aromatic rings. The summed E-state index contributed by atoms with van der Waals surface area (Å²) in [5, 5.41) is 4.46. The molecule has 0 atom stereocenters. The summed E-state index contributed by atoms with van der Waals surface area (Å²) in [6.07, 6.45) is 0.650. The van der Waals surface area contributed by atoms with Gasteiger partial charge in [-0.2, -0.15) is 5.10 Å². The largest absolute Gasteiger partial charge is 0.462 e. The zero-order chi connectivity index (χ0) is 21.0. The molecule has 1 aromatic heterocycles. The van der Waals surface area contributed by atoms with Gasteiger partial charge in [0.1, 0.15) is 24.1 Å². The van der Waals surface area contributed by atoms with Crippen LogP contribution in [0.2, 0.25) is 0 Å². The van der Waals surface area contributed by atoms with E-state index >= 15 is 0 Å². The fourth-order valence-electron chi connectivity index (χ4n) is 2.91. The predicted molar refractivity (Wildman–Crippen MR) is 108 cm³/mol. The van der Waals surface area contributed by atoms with Crippen molar-refractivity contribution in [2.75, 3.05) is 13.7 Å². The molecule has 3 rings (SSSR count). The highest BCUT2D eigenvalue weighted by atomic mass is 79.9. The van der Waals surface area contributed by atoms with E-state index in [2.05, 4.69) is 21.0 Å². The first-order valence-corrected chi connectivity index (χ1v) is 9.74. The zero-order valence-electron chi connectivity index (χ0n) is 15.9. The molecule has 0 aliphatic carbocycles. The fourth-order valence-corrected chi connectivity index (χ4v) is 3.62. The molecule has 5 nitrogen and oxygen atoms in total. The van der Waals surface area contributed by atoms with Gasteiger partial charge in [0.25, 0.3) is 0 Å². The number of carbonyl (C=O) groups excluding carboxylic acids is 1. The van der Waals surface area contributed by atoms with Crippen molar-refractivity contribution < 1.29 is 23.0 Å². The Kier molecular flexibility index (Phi) is 6.76. The number of esters is 1. The summed E-state index contributed by atoms with van der Waals surface area (Å²) >= 11 is 3.48. The number of aromatic nitrogens is 2. The lowest BCUT2D eigenvalue weighted by Gasteiger charge is -2.09. The average Bonchev–Trinajstić information content (AvgIpc) is 3.02. The molecule has 0 radical (unpaired) electrons. The van der Waals surface area contributed by atoms with Crippen LogP contribution >= 0.6 is 15.9 Å².